The van der Waals surface area contributed by atoms with E-state index in [0.29, 0.717) is 44.1 Å². The van der Waals surface area contributed by atoms with Gasteiger partial charge in [-0.1, -0.05) is 36.4 Å². The number of ether oxygens (including phenoxy) is 1. The van der Waals surface area contributed by atoms with Crippen LogP contribution < -0.4 is 20.1 Å². The van der Waals surface area contributed by atoms with Crippen molar-refractivity contribution in [3.8, 4) is 5.75 Å². The maximum atomic E-state index is 13.4. The predicted molar refractivity (Wildman–Crippen MR) is 152 cm³/mol. The molecule has 0 radical (unpaired) electrons. The molecule has 0 unspecified atom stereocenters. The lowest BCUT2D eigenvalue weighted by atomic mass is 10.0. The average molecular weight is 569 g/mol. The van der Waals surface area contributed by atoms with Crippen molar-refractivity contribution in [3.63, 3.8) is 0 Å². The number of sulfonamides is 1. The summed E-state index contributed by atoms with van der Waals surface area (Å²) in [4.78, 5) is 28.2. The van der Waals surface area contributed by atoms with E-state index in [-0.39, 0.29) is 30.7 Å². The number of hydrogen-bond acceptors (Lipinski definition) is 7. The van der Waals surface area contributed by atoms with Gasteiger partial charge in [0.15, 0.2) is 5.82 Å². The van der Waals surface area contributed by atoms with Gasteiger partial charge >= 0.3 is 0 Å². The molecule has 4 rings (SSSR count). The van der Waals surface area contributed by atoms with Gasteiger partial charge < -0.3 is 15.4 Å². The SMILES string of the molecule is CS(=O)(=O)Nc1ccn(CCNC(=O)c2cccc3c2CN(Cc2ccccc2)CC(=O)NCCCCCO3)n1. The first-order chi connectivity index (χ1) is 19.3. The van der Waals surface area contributed by atoms with Crippen LogP contribution in [0, 0.1) is 0 Å². The van der Waals surface area contributed by atoms with E-state index in [1.165, 1.54) is 0 Å². The third kappa shape index (κ3) is 9.09. The van der Waals surface area contributed by atoms with Crippen molar-refractivity contribution in [3.05, 3.63) is 77.5 Å². The summed E-state index contributed by atoms with van der Waals surface area (Å²) < 4.78 is 32.9. The Kier molecular flexibility index (Phi) is 10.1. The molecule has 1 aliphatic rings. The zero-order valence-electron chi connectivity index (χ0n) is 22.6. The van der Waals surface area contributed by atoms with Crippen molar-refractivity contribution in [2.24, 2.45) is 0 Å². The van der Waals surface area contributed by atoms with Crippen LogP contribution in [-0.2, 0) is 34.5 Å². The molecule has 40 heavy (non-hydrogen) atoms. The third-order valence-electron chi connectivity index (χ3n) is 6.33. The molecule has 12 heteroatoms. The van der Waals surface area contributed by atoms with Crippen molar-refractivity contribution < 1.29 is 22.7 Å². The maximum absolute atomic E-state index is 13.4. The fourth-order valence-electron chi connectivity index (χ4n) is 4.49. The second-order valence-corrected chi connectivity index (χ2v) is 11.5. The molecule has 0 aliphatic carbocycles. The molecule has 0 atom stereocenters. The second kappa shape index (κ2) is 13.9. The number of carbonyl (C=O) groups excluding carboxylic acids is 2. The van der Waals surface area contributed by atoms with Gasteiger partial charge in [0.2, 0.25) is 15.9 Å². The summed E-state index contributed by atoms with van der Waals surface area (Å²) >= 11 is 0. The molecule has 0 saturated heterocycles. The molecule has 0 saturated carbocycles. The van der Waals surface area contributed by atoms with E-state index in [4.69, 9.17) is 4.74 Å². The van der Waals surface area contributed by atoms with E-state index in [1.807, 2.05) is 41.3 Å². The van der Waals surface area contributed by atoms with Gasteiger partial charge in [0.05, 0.1) is 26.0 Å². The molecule has 1 aromatic heterocycles. The van der Waals surface area contributed by atoms with Crippen molar-refractivity contribution >= 4 is 27.7 Å². The van der Waals surface area contributed by atoms with Gasteiger partial charge in [-0.2, -0.15) is 5.10 Å². The van der Waals surface area contributed by atoms with Crippen LogP contribution in [0.4, 0.5) is 5.82 Å². The quantitative estimate of drug-likeness (QED) is 0.380. The molecule has 2 amide bonds. The highest BCUT2D eigenvalue weighted by Gasteiger charge is 2.21. The minimum atomic E-state index is -3.42. The van der Waals surface area contributed by atoms with Gasteiger partial charge in [0.1, 0.15) is 5.75 Å². The fourth-order valence-corrected chi connectivity index (χ4v) is 4.98. The van der Waals surface area contributed by atoms with Gasteiger partial charge in [-0.25, -0.2) is 8.42 Å². The molecule has 0 bridgehead atoms. The van der Waals surface area contributed by atoms with Crippen LogP contribution in [0.5, 0.6) is 5.75 Å². The Balaban J connectivity index is 1.51. The molecular formula is C28H36N6O5S. The summed E-state index contributed by atoms with van der Waals surface area (Å²) in [5.74, 6) is 0.528. The number of amides is 2. The van der Waals surface area contributed by atoms with Crippen LogP contribution in [-0.4, -0.2) is 67.4 Å². The Morgan fingerprint density at radius 2 is 1.88 bits per heavy atom. The fraction of sp³-hybridized carbons (Fsp3) is 0.393. The van der Waals surface area contributed by atoms with E-state index in [9.17, 15) is 18.0 Å². The van der Waals surface area contributed by atoms with E-state index in [1.54, 1.807) is 29.1 Å². The van der Waals surface area contributed by atoms with Crippen LogP contribution in [0.15, 0.2) is 60.8 Å². The van der Waals surface area contributed by atoms with E-state index < -0.39 is 10.0 Å². The Morgan fingerprint density at radius 1 is 1.05 bits per heavy atom. The minimum Gasteiger partial charge on any atom is -0.493 e. The van der Waals surface area contributed by atoms with Crippen molar-refractivity contribution in [1.29, 1.82) is 0 Å². The first-order valence-electron chi connectivity index (χ1n) is 13.3. The molecule has 0 spiro atoms. The lowest BCUT2D eigenvalue weighted by Gasteiger charge is -2.24. The lowest BCUT2D eigenvalue weighted by molar-refractivity contribution is -0.122. The highest BCUT2D eigenvalue weighted by Crippen LogP contribution is 2.26. The number of rotatable bonds is 8. The van der Waals surface area contributed by atoms with Crippen molar-refractivity contribution in [1.82, 2.24) is 25.3 Å². The number of aromatic nitrogens is 2. The summed E-state index contributed by atoms with van der Waals surface area (Å²) in [5.41, 5.74) is 2.26. The highest BCUT2D eigenvalue weighted by atomic mass is 32.2. The van der Waals surface area contributed by atoms with Crippen LogP contribution in [0.1, 0.15) is 40.7 Å². The summed E-state index contributed by atoms with van der Waals surface area (Å²) in [5, 5.41) is 10.1. The zero-order valence-corrected chi connectivity index (χ0v) is 23.5. The lowest BCUT2D eigenvalue weighted by Crippen LogP contribution is -2.37. The summed E-state index contributed by atoms with van der Waals surface area (Å²) in [6.07, 6.45) is 5.35. The average Bonchev–Trinajstić information content (AvgIpc) is 3.34. The van der Waals surface area contributed by atoms with Crippen molar-refractivity contribution in [2.75, 3.05) is 37.2 Å². The largest absolute Gasteiger partial charge is 0.493 e. The molecule has 11 nitrogen and oxygen atoms in total. The van der Waals surface area contributed by atoms with Crippen LogP contribution in [0.3, 0.4) is 0 Å². The minimum absolute atomic E-state index is 0.0523. The predicted octanol–water partition coefficient (Wildman–Crippen LogP) is 2.37. The molecule has 2 heterocycles. The first kappa shape index (κ1) is 29.1. The van der Waals surface area contributed by atoms with Crippen LogP contribution in [0.2, 0.25) is 0 Å². The van der Waals surface area contributed by atoms with Gasteiger partial charge in [0.25, 0.3) is 5.91 Å². The molecule has 2 aromatic carbocycles. The highest BCUT2D eigenvalue weighted by molar-refractivity contribution is 7.92. The molecule has 3 N–H and O–H groups in total. The van der Waals surface area contributed by atoms with Crippen LogP contribution >= 0.6 is 0 Å². The van der Waals surface area contributed by atoms with E-state index in [0.717, 1.165) is 36.6 Å². The van der Waals surface area contributed by atoms with E-state index >= 15 is 0 Å². The monoisotopic (exact) mass is 568 g/mol. The number of nitrogens with zero attached hydrogens (tertiary/aromatic N) is 3. The number of fused-ring (bicyclic) bond motifs is 1. The molecule has 3 aromatic rings. The second-order valence-electron chi connectivity index (χ2n) is 9.77. The number of benzene rings is 2. The number of nitrogens with one attached hydrogen (secondary N) is 3. The summed E-state index contributed by atoms with van der Waals surface area (Å²) in [6, 6.07) is 16.9. The zero-order chi connectivity index (χ0) is 28.4. The maximum Gasteiger partial charge on any atom is 0.251 e. The molecule has 0 fully saturated rings. The Hall–Kier alpha value is -3.90. The smallest absolute Gasteiger partial charge is 0.251 e. The van der Waals surface area contributed by atoms with Crippen LogP contribution in [0.25, 0.3) is 0 Å². The Labute approximate surface area is 234 Å². The summed E-state index contributed by atoms with van der Waals surface area (Å²) in [6.45, 7) is 2.85. The van der Waals surface area contributed by atoms with Gasteiger partial charge in [-0.15, -0.1) is 0 Å². The number of anilines is 1. The topological polar surface area (TPSA) is 135 Å². The Morgan fingerprint density at radius 3 is 2.67 bits per heavy atom. The molecule has 214 valence electrons. The van der Waals surface area contributed by atoms with Gasteiger partial charge in [0, 0.05) is 49.6 Å². The standard InChI is InChI=1S/C28H36N6O5S/c1-40(37,38)32-26-13-16-34(31-26)17-15-30-28(36)23-11-8-12-25-24(23)20-33(19-22-9-4-2-5-10-22)21-27(35)29-14-6-3-7-18-39-25/h2,4-5,8-13,16H,3,6-7,14-15,17-21H2,1H3,(H,29,35)(H,30,36)(H,31,32). The number of carbonyl (C=O) groups is 2. The normalized spacial score (nSPS) is 15.4. The first-order valence-corrected chi connectivity index (χ1v) is 15.2. The van der Waals surface area contributed by atoms with E-state index in [2.05, 4.69) is 20.5 Å². The van der Waals surface area contributed by atoms with Gasteiger partial charge in [-0.3, -0.25) is 23.9 Å². The molecular weight excluding hydrogens is 532 g/mol. The third-order valence-corrected chi connectivity index (χ3v) is 6.91. The molecule has 1 aliphatic heterocycles. The summed E-state index contributed by atoms with van der Waals surface area (Å²) in [7, 11) is -3.42. The number of hydrogen-bond donors (Lipinski definition) is 3. The van der Waals surface area contributed by atoms with Crippen molar-refractivity contribution in [2.45, 2.75) is 38.9 Å². The van der Waals surface area contributed by atoms with Gasteiger partial charge in [-0.05, 0) is 37.0 Å². The Bertz CT molecular complexity index is 1390.